The number of aromatic nitrogens is 3. The van der Waals surface area contributed by atoms with Gasteiger partial charge >= 0.3 is 0 Å². The lowest BCUT2D eigenvalue weighted by atomic mass is 10.0. The van der Waals surface area contributed by atoms with E-state index in [4.69, 9.17) is 0 Å². The molecule has 0 amide bonds. The number of hydrogen-bond acceptors (Lipinski definition) is 3. The van der Waals surface area contributed by atoms with Crippen LogP contribution in [0.15, 0.2) is 18.5 Å². The maximum Gasteiger partial charge on any atom is 0.126 e. The van der Waals surface area contributed by atoms with Gasteiger partial charge in [0.05, 0.1) is 11.7 Å². The molecule has 0 saturated heterocycles. The van der Waals surface area contributed by atoms with Crippen molar-refractivity contribution in [3.63, 3.8) is 0 Å². The number of hydrogen-bond donors (Lipinski definition) is 0. The van der Waals surface area contributed by atoms with E-state index in [-0.39, 0.29) is 0 Å². The second kappa shape index (κ2) is 5.54. The fraction of sp³-hybridized carbons (Fsp3) is 0.462. The Morgan fingerprint density at radius 2 is 1.81 bits per heavy atom. The molecule has 2 rings (SSSR count). The Morgan fingerprint density at radius 1 is 1.12 bits per heavy atom. The molecule has 0 spiro atoms. The van der Waals surface area contributed by atoms with E-state index >= 15 is 0 Å². The molecule has 3 heteroatoms. The van der Waals surface area contributed by atoms with Crippen LogP contribution in [0.1, 0.15) is 45.0 Å². The highest BCUT2D eigenvalue weighted by Gasteiger charge is 2.07. The minimum Gasteiger partial charge on any atom is -0.253 e. The van der Waals surface area contributed by atoms with Gasteiger partial charge in [0.25, 0.3) is 0 Å². The fourth-order valence-electron chi connectivity index (χ4n) is 1.51. The van der Waals surface area contributed by atoms with Gasteiger partial charge < -0.3 is 0 Å². The lowest BCUT2D eigenvalue weighted by molar-refractivity contribution is 0.867. The van der Waals surface area contributed by atoms with Gasteiger partial charge in [0.15, 0.2) is 0 Å². The Labute approximate surface area is 97.0 Å². The van der Waals surface area contributed by atoms with Crippen LogP contribution in [0.25, 0.3) is 11.0 Å². The summed E-state index contributed by atoms with van der Waals surface area (Å²) in [4.78, 5) is 12.8. The van der Waals surface area contributed by atoms with Crippen molar-refractivity contribution in [1.29, 1.82) is 0 Å². The predicted octanol–water partition coefficient (Wildman–Crippen LogP) is 3.48. The molecule has 2 heterocycles. The first-order valence-corrected chi connectivity index (χ1v) is 5.76. The van der Waals surface area contributed by atoms with Crippen molar-refractivity contribution in [3.8, 4) is 0 Å². The zero-order valence-electron chi connectivity index (χ0n) is 10.7. The molecular formula is C13H19N3. The van der Waals surface area contributed by atoms with Gasteiger partial charge in [-0.05, 0) is 24.5 Å². The molecular weight excluding hydrogens is 198 g/mol. The monoisotopic (exact) mass is 217 g/mol. The van der Waals surface area contributed by atoms with Gasteiger partial charge in [-0.2, -0.15) is 0 Å². The lowest BCUT2D eigenvalue weighted by Gasteiger charge is -2.07. The zero-order valence-corrected chi connectivity index (χ0v) is 10.7. The summed E-state index contributed by atoms with van der Waals surface area (Å²) in [7, 11) is 0. The van der Waals surface area contributed by atoms with Crippen molar-refractivity contribution in [3.05, 3.63) is 29.8 Å². The summed E-state index contributed by atoms with van der Waals surface area (Å²) in [5, 5.41) is 0. The molecule has 0 aliphatic heterocycles. The van der Waals surface area contributed by atoms with Crippen LogP contribution in [0, 0.1) is 6.92 Å². The third-order valence-electron chi connectivity index (χ3n) is 2.25. The number of fused-ring (bicyclic) bond motifs is 1. The molecule has 0 aromatic carbocycles. The summed E-state index contributed by atoms with van der Waals surface area (Å²) in [6.45, 7) is 10.2. The van der Waals surface area contributed by atoms with Gasteiger partial charge in [-0.25, -0.2) is 9.97 Å². The van der Waals surface area contributed by atoms with E-state index in [1.807, 2.05) is 33.0 Å². The molecule has 0 bridgehead atoms. The Bertz CT molecular complexity index is 464. The number of aryl methyl sites for hydroxylation is 1. The number of rotatable bonds is 1. The van der Waals surface area contributed by atoms with E-state index in [1.54, 1.807) is 6.20 Å². The van der Waals surface area contributed by atoms with Gasteiger partial charge in [0.2, 0.25) is 0 Å². The first kappa shape index (κ1) is 12.6. The largest absolute Gasteiger partial charge is 0.253 e. The van der Waals surface area contributed by atoms with Gasteiger partial charge in [-0.1, -0.05) is 27.7 Å². The van der Waals surface area contributed by atoms with E-state index in [0.29, 0.717) is 5.92 Å². The summed E-state index contributed by atoms with van der Waals surface area (Å²) < 4.78 is 0. The second-order valence-corrected chi connectivity index (χ2v) is 3.71. The van der Waals surface area contributed by atoms with E-state index < -0.39 is 0 Å². The molecule has 16 heavy (non-hydrogen) atoms. The molecule has 2 aromatic heterocycles. The summed E-state index contributed by atoms with van der Waals surface area (Å²) in [5.41, 5.74) is 3.09. The summed E-state index contributed by atoms with van der Waals surface area (Å²) in [6, 6.07) is 2.03. The molecule has 2 aromatic rings. The molecule has 0 N–H and O–H groups in total. The molecule has 0 radical (unpaired) electrons. The molecule has 0 atom stereocenters. The summed E-state index contributed by atoms with van der Waals surface area (Å²) >= 11 is 0. The van der Waals surface area contributed by atoms with Crippen LogP contribution >= 0.6 is 0 Å². The van der Waals surface area contributed by atoms with E-state index in [9.17, 15) is 0 Å². The van der Waals surface area contributed by atoms with Gasteiger partial charge in [0, 0.05) is 6.20 Å². The topological polar surface area (TPSA) is 38.7 Å². The van der Waals surface area contributed by atoms with Crippen molar-refractivity contribution in [2.45, 2.75) is 40.5 Å². The Kier molecular flexibility index (Phi) is 4.35. The normalized spacial score (nSPS) is 10.1. The molecule has 0 saturated carbocycles. The van der Waals surface area contributed by atoms with Crippen LogP contribution in [0.4, 0.5) is 0 Å². The first-order valence-electron chi connectivity index (χ1n) is 5.76. The number of nitrogens with zero attached hydrogens (tertiary/aromatic N) is 3. The molecule has 0 fully saturated rings. The third-order valence-corrected chi connectivity index (χ3v) is 2.25. The third kappa shape index (κ3) is 2.54. The van der Waals surface area contributed by atoms with Crippen molar-refractivity contribution >= 4 is 11.0 Å². The van der Waals surface area contributed by atoms with Crippen molar-refractivity contribution in [1.82, 2.24) is 15.0 Å². The summed E-state index contributed by atoms with van der Waals surface area (Å²) in [5.74, 6) is 1.27. The summed E-state index contributed by atoms with van der Waals surface area (Å²) in [6.07, 6.45) is 3.60. The quantitative estimate of drug-likeness (QED) is 0.734. The Hall–Kier alpha value is -1.51. The van der Waals surface area contributed by atoms with E-state index in [1.165, 1.54) is 5.56 Å². The minimum absolute atomic E-state index is 0.467. The van der Waals surface area contributed by atoms with Crippen molar-refractivity contribution < 1.29 is 0 Å². The van der Waals surface area contributed by atoms with Crippen LogP contribution in [0.3, 0.4) is 0 Å². The highest BCUT2D eigenvalue weighted by molar-refractivity contribution is 5.77. The SMILES string of the molecule is CC.Cc1ncc2nccc(C(C)C)c2n1. The second-order valence-electron chi connectivity index (χ2n) is 3.71. The zero-order chi connectivity index (χ0) is 12.1. The maximum absolute atomic E-state index is 4.42. The van der Waals surface area contributed by atoms with Crippen LogP contribution in [-0.2, 0) is 0 Å². The van der Waals surface area contributed by atoms with Gasteiger partial charge in [-0.15, -0.1) is 0 Å². The predicted molar refractivity (Wildman–Crippen MR) is 67.5 cm³/mol. The van der Waals surface area contributed by atoms with Gasteiger partial charge in [0.1, 0.15) is 11.3 Å². The lowest BCUT2D eigenvalue weighted by Crippen LogP contribution is -1.96. The molecule has 3 nitrogen and oxygen atoms in total. The van der Waals surface area contributed by atoms with E-state index in [0.717, 1.165) is 16.9 Å². The average molecular weight is 217 g/mol. The highest BCUT2D eigenvalue weighted by atomic mass is 14.9. The fourth-order valence-corrected chi connectivity index (χ4v) is 1.51. The smallest absolute Gasteiger partial charge is 0.126 e. The van der Waals surface area contributed by atoms with Crippen LogP contribution in [0.5, 0.6) is 0 Å². The van der Waals surface area contributed by atoms with Crippen LogP contribution in [0.2, 0.25) is 0 Å². The Balaban J connectivity index is 0.000000606. The highest BCUT2D eigenvalue weighted by Crippen LogP contribution is 2.21. The van der Waals surface area contributed by atoms with E-state index in [2.05, 4.69) is 28.8 Å². The molecule has 0 aliphatic rings. The standard InChI is InChI=1S/C11H13N3.C2H6/c1-7(2)9-4-5-12-10-6-13-8(3)14-11(9)10;1-2/h4-7H,1-3H3;1-2H3. The molecule has 86 valence electrons. The first-order chi connectivity index (χ1) is 7.68. The van der Waals surface area contributed by atoms with Crippen molar-refractivity contribution in [2.75, 3.05) is 0 Å². The maximum atomic E-state index is 4.42. The van der Waals surface area contributed by atoms with Crippen molar-refractivity contribution in [2.24, 2.45) is 0 Å². The number of pyridine rings is 1. The molecule has 0 unspecified atom stereocenters. The minimum atomic E-state index is 0.467. The Morgan fingerprint density at radius 3 is 2.44 bits per heavy atom. The molecule has 0 aliphatic carbocycles. The van der Waals surface area contributed by atoms with Crippen LogP contribution < -0.4 is 0 Å². The average Bonchev–Trinajstić information content (AvgIpc) is 2.30. The van der Waals surface area contributed by atoms with Crippen LogP contribution in [-0.4, -0.2) is 15.0 Å². The van der Waals surface area contributed by atoms with Gasteiger partial charge in [-0.3, -0.25) is 4.98 Å².